The number of rotatable bonds is 1. The van der Waals surface area contributed by atoms with Gasteiger partial charge in [0.15, 0.2) is 0 Å². The van der Waals surface area contributed by atoms with Gasteiger partial charge in [-0.05, 0) is 41.6 Å². The molecule has 0 fully saturated rings. The quantitative estimate of drug-likeness (QED) is 0.779. The summed E-state index contributed by atoms with van der Waals surface area (Å²) in [6.45, 7) is 2.00. The highest BCUT2D eigenvalue weighted by molar-refractivity contribution is 6.34. The molecule has 1 aliphatic rings. The first-order chi connectivity index (χ1) is 8.34. The van der Waals surface area contributed by atoms with Gasteiger partial charge in [0.25, 0.3) is 0 Å². The number of benzene rings is 1. The van der Waals surface area contributed by atoms with Crippen molar-refractivity contribution in [2.75, 3.05) is 13.1 Å². The third-order valence-corrected chi connectivity index (χ3v) is 3.45. The number of fused-ring (bicyclic) bond motifs is 1. The van der Waals surface area contributed by atoms with Crippen LogP contribution in [0.4, 0.5) is 0 Å². The fourth-order valence-electron chi connectivity index (χ4n) is 2.22. The summed E-state index contributed by atoms with van der Waals surface area (Å²) in [5, 5.41) is 6.08. The van der Waals surface area contributed by atoms with E-state index in [0.29, 0.717) is 5.15 Å². The predicted molar refractivity (Wildman–Crippen MR) is 72.2 cm³/mol. The van der Waals surface area contributed by atoms with Crippen molar-refractivity contribution in [3.63, 3.8) is 0 Å². The van der Waals surface area contributed by atoms with Crippen molar-refractivity contribution >= 4 is 27.9 Å². The zero-order valence-electron chi connectivity index (χ0n) is 9.41. The van der Waals surface area contributed by atoms with Gasteiger partial charge in [0, 0.05) is 18.1 Å². The topological polar surface area (TPSA) is 24.9 Å². The van der Waals surface area contributed by atoms with Crippen LogP contribution in [0.15, 0.2) is 36.5 Å². The second-order valence-electron chi connectivity index (χ2n) is 4.22. The summed E-state index contributed by atoms with van der Waals surface area (Å²) in [5.74, 6) is 0. The van der Waals surface area contributed by atoms with Gasteiger partial charge in [0.05, 0.1) is 0 Å². The molecule has 0 radical (unpaired) electrons. The molecule has 0 aliphatic carbocycles. The molecule has 0 atom stereocenters. The fraction of sp³-hybridized carbons (Fsp3) is 0.214. The van der Waals surface area contributed by atoms with E-state index >= 15 is 0 Å². The van der Waals surface area contributed by atoms with Crippen molar-refractivity contribution in [1.29, 1.82) is 0 Å². The van der Waals surface area contributed by atoms with E-state index < -0.39 is 0 Å². The van der Waals surface area contributed by atoms with Gasteiger partial charge in [0.1, 0.15) is 5.15 Å². The van der Waals surface area contributed by atoms with E-state index in [1.165, 1.54) is 11.1 Å². The molecule has 86 valence electrons. The van der Waals surface area contributed by atoms with Crippen molar-refractivity contribution in [3.8, 4) is 0 Å². The molecule has 0 amide bonds. The standard InChI is InChI=1S/C14H13ClN2/c15-14-13-9-12(10-3-6-16-7-4-10)2-1-11(13)5-8-17-14/h1-3,5,8-9,16H,4,6-7H2. The second kappa shape index (κ2) is 4.47. The first-order valence-corrected chi connectivity index (χ1v) is 6.17. The van der Waals surface area contributed by atoms with Crippen LogP contribution in [0.5, 0.6) is 0 Å². The highest BCUT2D eigenvalue weighted by Gasteiger charge is 2.07. The smallest absolute Gasteiger partial charge is 0.136 e. The van der Waals surface area contributed by atoms with Gasteiger partial charge < -0.3 is 5.32 Å². The molecule has 0 spiro atoms. The molecule has 1 N–H and O–H groups in total. The minimum absolute atomic E-state index is 0.582. The SMILES string of the molecule is Clc1nccc2ccc(C3=CCNCC3)cc12. The summed E-state index contributed by atoms with van der Waals surface area (Å²) in [6, 6.07) is 8.40. The van der Waals surface area contributed by atoms with Crippen LogP contribution in [0.25, 0.3) is 16.3 Å². The summed E-state index contributed by atoms with van der Waals surface area (Å²) >= 11 is 6.13. The largest absolute Gasteiger partial charge is 0.313 e. The van der Waals surface area contributed by atoms with Gasteiger partial charge in [-0.15, -0.1) is 0 Å². The van der Waals surface area contributed by atoms with E-state index in [4.69, 9.17) is 11.6 Å². The molecule has 2 aromatic rings. The molecule has 17 heavy (non-hydrogen) atoms. The summed E-state index contributed by atoms with van der Waals surface area (Å²) in [7, 11) is 0. The Balaban J connectivity index is 2.12. The molecule has 1 aliphatic heterocycles. The number of nitrogens with one attached hydrogen (secondary N) is 1. The van der Waals surface area contributed by atoms with Crippen molar-refractivity contribution in [1.82, 2.24) is 10.3 Å². The average Bonchev–Trinajstić information content (AvgIpc) is 2.40. The Hall–Kier alpha value is -1.38. The molecule has 0 bridgehead atoms. The molecular formula is C14H13ClN2. The van der Waals surface area contributed by atoms with Gasteiger partial charge >= 0.3 is 0 Å². The molecular weight excluding hydrogens is 232 g/mol. The number of aromatic nitrogens is 1. The summed E-state index contributed by atoms with van der Waals surface area (Å²) < 4.78 is 0. The van der Waals surface area contributed by atoms with Crippen LogP contribution in [-0.4, -0.2) is 18.1 Å². The highest BCUT2D eigenvalue weighted by atomic mass is 35.5. The lowest BCUT2D eigenvalue weighted by molar-refractivity contribution is 0.739. The zero-order chi connectivity index (χ0) is 11.7. The summed E-state index contributed by atoms with van der Waals surface area (Å²) in [6.07, 6.45) is 5.06. The van der Waals surface area contributed by atoms with E-state index in [2.05, 4.69) is 34.6 Å². The Morgan fingerprint density at radius 2 is 2.18 bits per heavy atom. The zero-order valence-corrected chi connectivity index (χ0v) is 10.2. The van der Waals surface area contributed by atoms with Gasteiger partial charge in [-0.3, -0.25) is 0 Å². The van der Waals surface area contributed by atoms with Crippen molar-refractivity contribution < 1.29 is 0 Å². The van der Waals surface area contributed by atoms with Crippen LogP contribution in [0.1, 0.15) is 12.0 Å². The van der Waals surface area contributed by atoms with Gasteiger partial charge in [0.2, 0.25) is 0 Å². The van der Waals surface area contributed by atoms with E-state index in [1.807, 2.05) is 6.07 Å². The molecule has 3 heteroatoms. The Bertz CT molecular complexity index is 590. The predicted octanol–water partition coefficient (Wildman–Crippen LogP) is 3.26. The lowest BCUT2D eigenvalue weighted by Crippen LogP contribution is -2.19. The van der Waals surface area contributed by atoms with E-state index in [9.17, 15) is 0 Å². The third kappa shape index (κ3) is 2.06. The highest BCUT2D eigenvalue weighted by Crippen LogP contribution is 2.27. The number of halogens is 1. The Labute approximate surface area is 105 Å². The van der Waals surface area contributed by atoms with E-state index in [1.54, 1.807) is 6.20 Å². The van der Waals surface area contributed by atoms with Crippen molar-refractivity contribution in [2.24, 2.45) is 0 Å². The molecule has 2 heterocycles. The lowest BCUT2D eigenvalue weighted by Gasteiger charge is -2.14. The van der Waals surface area contributed by atoms with Gasteiger partial charge in [-0.1, -0.05) is 29.8 Å². The van der Waals surface area contributed by atoms with Crippen LogP contribution in [0.3, 0.4) is 0 Å². The van der Waals surface area contributed by atoms with E-state index in [-0.39, 0.29) is 0 Å². The summed E-state index contributed by atoms with van der Waals surface area (Å²) in [5.41, 5.74) is 2.65. The van der Waals surface area contributed by atoms with Crippen LogP contribution in [0, 0.1) is 0 Å². The molecule has 3 rings (SSSR count). The molecule has 2 nitrogen and oxygen atoms in total. The third-order valence-electron chi connectivity index (χ3n) is 3.15. The Morgan fingerprint density at radius 1 is 1.24 bits per heavy atom. The second-order valence-corrected chi connectivity index (χ2v) is 4.58. The maximum Gasteiger partial charge on any atom is 0.136 e. The fourth-order valence-corrected chi connectivity index (χ4v) is 2.44. The first kappa shape index (κ1) is 10.8. The molecule has 0 unspecified atom stereocenters. The number of pyridine rings is 1. The number of hydrogen-bond donors (Lipinski definition) is 1. The molecule has 1 aromatic carbocycles. The normalized spacial score (nSPS) is 15.9. The molecule has 0 saturated heterocycles. The first-order valence-electron chi connectivity index (χ1n) is 5.79. The van der Waals surface area contributed by atoms with Crippen LogP contribution < -0.4 is 5.32 Å². The number of hydrogen-bond acceptors (Lipinski definition) is 2. The lowest BCUT2D eigenvalue weighted by atomic mass is 9.98. The maximum absolute atomic E-state index is 6.13. The molecule has 0 saturated carbocycles. The van der Waals surface area contributed by atoms with Crippen LogP contribution in [0.2, 0.25) is 5.15 Å². The minimum atomic E-state index is 0.582. The van der Waals surface area contributed by atoms with Crippen LogP contribution in [-0.2, 0) is 0 Å². The molecule has 1 aromatic heterocycles. The Morgan fingerprint density at radius 3 is 3.00 bits per heavy atom. The minimum Gasteiger partial charge on any atom is -0.313 e. The van der Waals surface area contributed by atoms with Crippen molar-refractivity contribution in [3.05, 3.63) is 47.3 Å². The van der Waals surface area contributed by atoms with Gasteiger partial charge in [-0.25, -0.2) is 4.98 Å². The monoisotopic (exact) mass is 244 g/mol. The van der Waals surface area contributed by atoms with E-state index in [0.717, 1.165) is 30.3 Å². The van der Waals surface area contributed by atoms with Crippen molar-refractivity contribution in [2.45, 2.75) is 6.42 Å². The Kier molecular flexibility index (Phi) is 2.83. The summed E-state index contributed by atoms with van der Waals surface area (Å²) in [4.78, 5) is 4.13. The van der Waals surface area contributed by atoms with Gasteiger partial charge in [-0.2, -0.15) is 0 Å². The average molecular weight is 245 g/mol. The van der Waals surface area contributed by atoms with Crippen LogP contribution >= 0.6 is 11.6 Å². The number of nitrogens with zero attached hydrogens (tertiary/aromatic N) is 1. The maximum atomic E-state index is 6.13.